The molecule has 7 N–H and O–H groups in total. The molecule has 0 spiro atoms. The lowest BCUT2D eigenvalue weighted by Crippen LogP contribution is -2.16. The topological polar surface area (TPSA) is 185 Å². The molecule has 100 valence electrons. The summed E-state index contributed by atoms with van der Waals surface area (Å²) in [6.07, 6.45) is 0. The molecule has 0 aromatic carbocycles. The van der Waals surface area contributed by atoms with Crippen LogP contribution in [0.4, 0.5) is 11.9 Å². The van der Waals surface area contributed by atoms with Crippen molar-refractivity contribution in [2.24, 2.45) is 5.73 Å². The first-order chi connectivity index (χ1) is 9.01. The van der Waals surface area contributed by atoms with Gasteiger partial charge in [-0.25, -0.2) is 9.48 Å². The predicted molar refractivity (Wildman–Crippen MR) is 62.6 cm³/mol. The fourth-order valence-electron chi connectivity index (χ4n) is 1.49. The lowest BCUT2D eigenvalue weighted by Gasteiger charge is -2.05. The Morgan fingerprint density at radius 2 is 1.84 bits per heavy atom. The van der Waals surface area contributed by atoms with Crippen LogP contribution in [0.2, 0.25) is 0 Å². The number of hydrogen-bond donors (Lipinski definition) is 4. The number of carboxylic acids is 1. The average molecular weight is 265 g/mol. The zero-order valence-corrected chi connectivity index (χ0v) is 9.69. The van der Waals surface area contributed by atoms with Gasteiger partial charge >= 0.3 is 5.97 Å². The van der Waals surface area contributed by atoms with Crippen LogP contribution in [0, 0.1) is 0 Å². The molecule has 0 aliphatic rings. The first-order valence-electron chi connectivity index (χ1n) is 5.13. The summed E-state index contributed by atoms with van der Waals surface area (Å²) in [5.41, 5.74) is 16.4. The number of hydrogen-bond acceptors (Lipinski definition) is 9. The van der Waals surface area contributed by atoms with E-state index >= 15 is 0 Å². The maximum atomic E-state index is 10.9. The molecule has 0 aliphatic heterocycles. The summed E-state index contributed by atoms with van der Waals surface area (Å²) in [4.78, 5) is 22.2. The minimum Gasteiger partial charge on any atom is -0.476 e. The van der Waals surface area contributed by atoms with Crippen LogP contribution in [0.25, 0.3) is 0 Å². The van der Waals surface area contributed by atoms with Crippen LogP contribution >= 0.6 is 0 Å². The molecule has 0 amide bonds. The van der Waals surface area contributed by atoms with E-state index in [9.17, 15) is 4.79 Å². The van der Waals surface area contributed by atoms with Crippen molar-refractivity contribution in [1.82, 2.24) is 29.9 Å². The first kappa shape index (κ1) is 12.6. The average Bonchev–Trinajstić information content (AvgIpc) is 2.70. The summed E-state index contributed by atoms with van der Waals surface area (Å²) in [5.74, 6) is -1.03. The molecule has 0 fully saturated rings. The van der Waals surface area contributed by atoms with Gasteiger partial charge < -0.3 is 22.3 Å². The van der Waals surface area contributed by atoms with Crippen molar-refractivity contribution >= 4 is 17.9 Å². The van der Waals surface area contributed by atoms with Crippen molar-refractivity contribution in [3.8, 4) is 0 Å². The van der Waals surface area contributed by atoms with Crippen LogP contribution < -0.4 is 17.2 Å². The van der Waals surface area contributed by atoms with Crippen LogP contribution in [0.15, 0.2) is 0 Å². The number of nitrogens with zero attached hydrogens (tertiary/aromatic N) is 6. The fraction of sp³-hybridized carbons (Fsp3) is 0.250. The van der Waals surface area contributed by atoms with E-state index in [0.717, 1.165) is 0 Å². The molecular formula is C8H11N9O2. The molecule has 2 aromatic heterocycles. The van der Waals surface area contributed by atoms with Crippen molar-refractivity contribution in [2.75, 3.05) is 11.5 Å². The van der Waals surface area contributed by atoms with Crippen molar-refractivity contribution in [3.63, 3.8) is 0 Å². The van der Waals surface area contributed by atoms with Gasteiger partial charge in [-0.2, -0.15) is 15.0 Å². The summed E-state index contributed by atoms with van der Waals surface area (Å²) in [7, 11) is 0. The lowest BCUT2D eigenvalue weighted by atomic mass is 10.3. The van der Waals surface area contributed by atoms with E-state index in [4.69, 9.17) is 22.3 Å². The second-order valence-corrected chi connectivity index (χ2v) is 3.52. The molecular weight excluding hydrogens is 254 g/mol. The van der Waals surface area contributed by atoms with E-state index in [2.05, 4.69) is 25.3 Å². The molecule has 19 heavy (non-hydrogen) atoms. The van der Waals surface area contributed by atoms with Crippen LogP contribution in [-0.4, -0.2) is 41.0 Å². The predicted octanol–water partition coefficient (Wildman–Crippen LogP) is -2.17. The zero-order chi connectivity index (χ0) is 14.0. The second-order valence-electron chi connectivity index (χ2n) is 3.52. The molecule has 2 heterocycles. The van der Waals surface area contributed by atoms with Gasteiger partial charge in [0.15, 0.2) is 11.5 Å². The summed E-state index contributed by atoms with van der Waals surface area (Å²) in [6, 6.07) is 0. The van der Waals surface area contributed by atoms with E-state index in [0.29, 0.717) is 0 Å². The molecule has 0 radical (unpaired) electrons. The third kappa shape index (κ3) is 2.55. The summed E-state index contributed by atoms with van der Waals surface area (Å²) in [5, 5.41) is 16.1. The van der Waals surface area contributed by atoms with Gasteiger partial charge in [0.25, 0.3) is 0 Å². The number of nitrogens with two attached hydrogens (primary N) is 3. The van der Waals surface area contributed by atoms with Gasteiger partial charge in [-0.3, -0.25) is 0 Å². The Hall–Kier alpha value is -2.82. The number of carbonyl (C=O) groups is 1. The molecule has 0 aliphatic carbocycles. The summed E-state index contributed by atoms with van der Waals surface area (Å²) in [6.45, 7) is 0.00835. The summed E-state index contributed by atoms with van der Waals surface area (Å²) >= 11 is 0. The quantitative estimate of drug-likeness (QED) is 0.474. The summed E-state index contributed by atoms with van der Waals surface area (Å²) < 4.78 is 1.28. The number of nitrogen functional groups attached to an aromatic ring is 2. The van der Waals surface area contributed by atoms with E-state index in [-0.39, 0.29) is 42.2 Å². The second kappa shape index (κ2) is 4.81. The van der Waals surface area contributed by atoms with Gasteiger partial charge in [0.1, 0.15) is 6.54 Å². The molecule has 2 aromatic rings. The van der Waals surface area contributed by atoms with E-state index in [1.165, 1.54) is 4.68 Å². The minimum absolute atomic E-state index is 0.0321. The van der Waals surface area contributed by atoms with E-state index in [1.807, 2.05) is 0 Å². The number of aromatic nitrogens is 6. The first-order valence-corrected chi connectivity index (χ1v) is 5.13. The normalized spacial score (nSPS) is 10.6. The van der Waals surface area contributed by atoms with Crippen molar-refractivity contribution in [3.05, 3.63) is 17.2 Å². The van der Waals surface area contributed by atoms with Crippen LogP contribution in [0.3, 0.4) is 0 Å². The third-order valence-corrected chi connectivity index (χ3v) is 2.24. The van der Waals surface area contributed by atoms with Crippen LogP contribution in [-0.2, 0) is 13.1 Å². The van der Waals surface area contributed by atoms with Gasteiger partial charge in [-0.15, -0.1) is 5.10 Å². The number of carboxylic acid groups (broad SMARTS) is 1. The lowest BCUT2D eigenvalue weighted by molar-refractivity contribution is 0.0689. The Morgan fingerprint density at radius 3 is 2.37 bits per heavy atom. The van der Waals surface area contributed by atoms with Crippen LogP contribution in [0.1, 0.15) is 22.0 Å². The Kier molecular flexibility index (Phi) is 3.20. The maximum absolute atomic E-state index is 10.9. The Balaban J connectivity index is 2.35. The van der Waals surface area contributed by atoms with Gasteiger partial charge in [-0.05, 0) is 0 Å². The highest BCUT2D eigenvalue weighted by Gasteiger charge is 2.18. The largest absolute Gasteiger partial charge is 0.476 e. The number of anilines is 2. The molecule has 0 atom stereocenters. The van der Waals surface area contributed by atoms with E-state index < -0.39 is 5.97 Å². The van der Waals surface area contributed by atoms with Gasteiger partial charge in [0.05, 0.1) is 5.69 Å². The molecule has 0 saturated carbocycles. The maximum Gasteiger partial charge on any atom is 0.358 e. The van der Waals surface area contributed by atoms with Gasteiger partial charge in [-0.1, -0.05) is 5.21 Å². The monoisotopic (exact) mass is 265 g/mol. The molecule has 0 saturated heterocycles. The number of aromatic carboxylic acids is 1. The highest BCUT2D eigenvalue weighted by molar-refractivity contribution is 5.86. The standard InChI is InChI=1S/C8H11N9O2/c9-1-3-5(6(18)19)15-16-17(3)2-4-12-7(10)14-8(11)13-4/h1-2,9H2,(H,18,19)(H4,10,11,12,13,14). The van der Waals surface area contributed by atoms with Gasteiger partial charge in [0, 0.05) is 6.54 Å². The Morgan fingerprint density at radius 1 is 1.21 bits per heavy atom. The molecule has 2 rings (SSSR count). The molecule has 0 bridgehead atoms. The minimum atomic E-state index is -1.21. The SMILES string of the molecule is NCc1c(C(=O)O)nnn1Cc1nc(N)nc(N)n1. The Labute approximate surface area is 106 Å². The molecule has 11 nitrogen and oxygen atoms in total. The van der Waals surface area contributed by atoms with E-state index in [1.54, 1.807) is 0 Å². The Bertz CT molecular complexity index is 602. The highest BCUT2D eigenvalue weighted by Crippen LogP contribution is 2.07. The number of rotatable bonds is 4. The zero-order valence-electron chi connectivity index (χ0n) is 9.69. The van der Waals surface area contributed by atoms with Gasteiger partial charge in [0.2, 0.25) is 11.9 Å². The van der Waals surface area contributed by atoms with Crippen molar-refractivity contribution in [1.29, 1.82) is 0 Å². The molecule has 11 heteroatoms. The smallest absolute Gasteiger partial charge is 0.358 e. The third-order valence-electron chi connectivity index (χ3n) is 2.24. The molecule has 0 unspecified atom stereocenters. The van der Waals surface area contributed by atoms with Crippen molar-refractivity contribution < 1.29 is 9.90 Å². The van der Waals surface area contributed by atoms with Crippen molar-refractivity contribution in [2.45, 2.75) is 13.1 Å². The fourth-order valence-corrected chi connectivity index (χ4v) is 1.49. The highest BCUT2D eigenvalue weighted by atomic mass is 16.4. The van der Waals surface area contributed by atoms with Crippen LogP contribution in [0.5, 0.6) is 0 Å².